The van der Waals surface area contributed by atoms with Crippen molar-refractivity contribution in [1.82, 2.24) is 14.7 Å². The fourth-order valence-electron chi connectivity index (χ4n) is 3.26. The zero-order valence-corrected chi connectivity index (χ0v) is 13.9. The van der Waals surface area contributed by atoms with Gasteiger partial charge in [0.15, 0.2) is 0 Å². The highest BCUT2D eigenvalue weighted by Gasteiger charge is 2.30. The van der Waals surface area contributed by atoms with Crippen molar-refractivity contribution >= 4 is 5.91 Å². The highest BCUT2D eigenvalue weighted by Crippen LogP contribution is 2.23. The van der Waals surface area contributed by atoms with Gasteiger partial charge in [-0.1, -0.05) is 12.1 Å². The van der Waals surface area contributed by atoms with Crippen LogP contribution in [0.3, 0.4) is 0 Å². The molecule has 1 aromatic carbocycles. The minimum atomic E-state index is -0.0639. The highest BCUT2D eigenvalue weighted by molar-refractivity contribution is 5.95. The molecule has 1 aliphatic heterocycles. The number of carbonyl (C=O) groups excluding carboxylic acids is 1. The van der Waals surface area contributed by atoms with Gasteiger partial charge in [0, 0.05) is 6.54 Å². The fourth-order valence-corrected chi connectivity index (χ4v) is 3.26. The van der Waals surface area contributed by atoms with Gasteiger partial charge < -0.3 is 10.0 Å². The number of amides is 1. The minimum absolute atomic E-state index is 0.0237. The predicted octanol–water partition coefficient (Wildman–Crippen LogP) is 2.39. The number of benzene rings is 1. The van der Waals surface area contributed by atoms with Crippen molar-refractivity contribution in [3.63, 3.8) is 0 Å². The Morgan fingerprint density at radius 1 is 1.35 bits per heavy atom. The maximum Gasteiger partial charge on any atom is 0.257 e. The summed E-state index contributed by atoms with van der Waals surface area (Å²) in [5.74, 6) is -0.0318. The molecule has 0 radical (unpaired) electrons. The molecule has 1 atom stereocenters. The lowest BCUT2D eigenvalue weighted by molar-refractivity contribution is 0.0677. The van der Waals surface area contributed by atoms with Crippen LogP contribution in [0.4, 0.5) is 0 Å². The Morgan fingerprint density at radius 3 is 2.87 bits per heavy atom. The Labute approximate surface area is 136 Å². The molecule has 122 valence electrons. The Bertz CT molecular complexity index is 736. The molecule has 2 heterocycles. The monoisotopic (exact) mass is 313 g/mol. The van der Waals surface area contributed by atoms with Crippen LogP contribution >= 0.6 is 0 Å². The van der Waals surface area contributed by atoms with E-state index in [9.17, 15) is 9.90 Å². The zero-order valence-electron chi connectivity index (χ0n) is 13.9. The Morgan fingerprint density at radius 2 is 2.13 bits per heavy atom. The van der Waals surface area contributed by atoms with Gasteiger partial charge in [0.25, 0.3) is 5.91 Å². The van der Waals surface area contributed by atoms with E-state index in [1.165, 1.54) is 0 Å². The molecule has 0 bridgehead atoms. The van der Waals surface area contributed by atoms with Crippen molar-refractivity contribution in [1.29, 1.82) is 0 Å². The normalized spacial score (nSPS) is 17.7. The molecule has 3 rings (SSSR count). The van der Waals surface area contributed by atoms with E-state index in [0.29, 0.717) is 12.1 Å². The lowest BCUT2D eigenvalue weighted by Crippen LogP contribution is -2.37. The fraction of sp³-hybridized carbons (Fsp3) is 0.444. The molecule has 5 heteroatoms. The van der Waals surface area contributed by atoms with Gasteiger partial charge in [-0.2, -0.15) is 5.10 Å². The van der Waals surface area contributed by atoms with Crippen molar-refractivity contribution in [3.05, 3.63) is 46.8 Å². The molecule has 1 aromatic heterocycles. The molecular formula is C18H23N3O2. The first kappa shape index (κ1) is 15.7. The summed E-state index contributed by atoms with van der Waals surface area (Å²) in [4.78, 5) is 14.6. The molecular weight excluding hydrogens is 290 g/mol. The van der Waals surface area contributed by atoms with E-state index in [2.05, 4.69) is 23.3 Å². The zero-order chi connectivity index (χ0) is 16.6. The van der Waals surface area contributed by atoms with Crippen LogP contribution in [-0.2, 0) is 0 Å². The Balaban J connectivity index is 1.96. The van der Waals surface area contributed by atoms with E-state index >= 15 is 0 Å². The first-order valence-electron chi connectivity index (χ1n) is 8.07. The second-order valence-electron chi connectivity index (χ2n) is 6.32. The number of nitrogens with zero attached hydrogens (tertiary/aromatic N) is 3. The van der Waals surface area contributed by atoms with Gasteiger partial charge in [-0.05, 0) is 50.8 Å². The van der Waals surface area contributed by atoms with E-state index in [1.54, 1.807) is 11.1 Å². The van der Waals surface area contributed by atoms with Crippen molar-refractivity contribution in [2.45, 2.75) is 39.7 Å². The predicted molar refractivity (Wildman–Crippen MR) is 88.9 cm³/mol. The lowest BCUT2D eigenvalue weighted by atomic mass is 10.1. The molecule has 0 aliphatic carbocycles. The first-order valence-corrected chi connectivity index (χ1v) is 8.07. The third-order valence-electron chi connectivity index (χ3n) is 4.68. The molecule has 1 fully saturated rings. The third-order valence-corrected chi connectivity index (χ3v) is 4.68. The smallest absolute Gasteiger partial charge is 0.257 e. The summed E-state index contributed by atoms with van der Waals surface area (Å²) in [5, 5.41) is 13.9. The van der Waals surface area contributed by atoms with E-state index in [0.717, 1.165) is 35.3 Å². The summed E-state index contributed by atoms with van der Waals surface area (Å²) >= 11 is 0. The van der Waals surface area contributed by atoms with Gasteiger partial charge in [0.05, 0.1) is 35.8 Å². The molecule has 0 saturated carbocycles. The van der Waals surface area contributed by atoms with Gasteiger partial charge in [-0.15, -0.1) is 0 Å². The summed E-state index contributed by atoms with van der Waals surface area (Å²) < 4.78 is 1.83. The SMILES string of the molecule is Cc1ccc(C)c(-n2ncc(C(=O)N3CCCC3CO)c2C)c1. The van der Waals surface area contributed by atoms with Crippen molar-refractivity contribution in [2.75, 3.05) is 13.2 Å². The van der Waals surface area contributed by atoms with Crippen LogP contribution in [0.5, 0.6) is 0 Å². The van der Waals surface area contributed by atoms with E-state index < -0.39 is 0 Å². The molecule has 2 aromatic rings. The minimum Gasteiger partial charge on any atom is -0.394 e. The van der Waals surface area contributed by atoms with Gasteiger partial charge in [0.1, 0.15) is 0 Å². The van der Waals surface area contributed by atoms with Crippen molar-refractivity contribution in [3.8, 4) is 5.69 Å². The Hall–Kier alpha value is -2.14. The van der Waals surface area contributed by atoms with Crippen LogP contribution in [0.2, 0.25) is 0 Å². The first-order chi connectivity index (χ1) is 11.0. The number of rotatable bonds is 3. The topological polar surface area (TPSA) is 58.4 Å². The van der Waals surface area contributed by atoms with Gasteiger partial charge in [0.2, 0.25) is 0 Å². The summed E-state index contributed by atoms with van der Waals surface area (Å²) in [6, 6.07) is 6.15. The summed E-state index contributed by atoms with van der Waals surface area (Å²) in [6.07, 6.45) is 3.46. The molecule has 1 N–H and O–H groups in total. The quantitative estimate of drug-likeness (QED) is 0.946. The number of aryl methyl sites for hydroxylation is 2. The summed E-state index contributed by atoms with van der Waals surface area (Å²) in [6.45, 7) is 6.74. The maximum absolute atomic E-state index is 12.8. The Kier molecular flexibility index (Phi) is 4.22. The van der Waals surface area contributed by atoms with Gasteiger partial charge in [-0.3, -0.25) is 4.79 Å². The molecule has 1 aliphatic rings. The number of aliphatic hydroxyl groups is 1. The van der Waals surface area contributed by atoms with Crippen LogP contribution in [0, 0.1) is 20.8 Å². The number of hydrogen-bond acceptors (Lipinski definition) is 3. The van der Waals surface area contributed by atoms with Crippen LogP contribution in [0.1, 0.15) is 40.0 Å². The molecule has 1 saturated heterocycles. The van der Waals surface area contributed by atoms with Crippen LogP contribution in [-0.4, -0.2) is 44.9 Å². The number of likely N-dealkylation sites (tertiary alicyclic amines) is 1. The van der Waals surface area contributed by atoms with Gasteiger partial charge >= 0.3 is 0 Å². The molecule has 23 heavy (non-hydrogen) atoms. The number of aromatic nitrogens is 2. The standard InChI is InChI=1S/C18H23N3O2/c1-12-6-7-13(2)17(9-12)21-14(3)16(10-19-21)18(23)20-8-4-5-15(20)11-22/h6-7,9-10,15,22H,4-5,8,11H2,1-3H3. The largest absolute Gasteiger partial charge is 0.394 e. The molecule has 5 nitrogen and oxygen atoms in total. The van der Waals surface area contributed by atoms with E-state index in [4.69, 9.17) is 0 Å². The molecule has 1 amide bonds. The van der Waals surface area contributed by atoms with Crippen molar-refractivity contribution < 1.29 is 9.90 Å². The van der Waals surface area contributed by atoms with Crippen molar-refractivity contribution in [2.24, 2.45) is 0 Å². The number of aliphatic hydroxyl groups excluding tert-OH is 1. The average Bonchev–Trinajstić information content (AvgIpc) is 3.15. The van der Waals surface area contributed by atoms with Gasteiger partial charge in [-0.25, -0.2) is 4.68 Å². The number of carbonyl (C=O) groups is 1. The van der Waals surface area contributed by atoms with Crippen LogP contribution in [0.25, 0.3) is 5.69 Å². The second kappa shape index (κ2) is 6.16. The van der Waals surface area contributed by atoms with E-state index in [1.807, 2.05) is 25.5 Å². The highest BCUT2D eigenvalue weighted by atomic mass is 16.3. The van der Waals surface area contributed by atoms with E-state index in [-0.39, 0.29) is 18.6 Å². The summed E-state index contributed by atoms with van der Waals surface area (Å²) in [7, 11) is 0. The molecule has 0 spiro atoms. The maximum atomic E-state index is 12.8. The lowest BCUT2D eigenvalue weighted by Gasteiger charge is -2.22. The number of hydrogen-bond donors (Lipinski definition) is 1. The molecule has 1 unspecified atom stereocenters. The van der Waals surface area contributed by atoms with Crippen LogP contribution in [0.15, 0.2) is 24.4 Å². The average molecular weight is 313 g/mol. The van der Waals surface area contributed by atoms with Crippen LogP contribution < -0.4 is 0 Å². The third kappa shape index (κ3) is 2.77. The second-order valence-corrected chi connectivity index (χ2v) is 6.32. The summed E-state index contributed by atoms with van der Waals surface area (Å²) in [5.41, 5.74) is 4.74.